The number of anilines is 1. The van der Waals surface area contributed by atoms with Crippen molar-refractivity contribution >= 4 is 21.6 Å². The molecule has 0 radical (unpaired) electrons. The van der Waals surface area contributed by atoms with E-state index in [-0.39, 0.29) is 11.9 Å². The summed E-state index contributed by atoms with van der Waals surface area (Å²) in [6.07, 6.45) is 1.46. The van der Waals surface area contributed by atoms with Gasteiger partial charge in [-0.05, 0) is 43.2 Å². The van der Waals surface area contributed by atoms with E-state index in [1.165, 1.54) is 4.31 Å². The number of carbonyl (C=O) groups excluding carboxylic acids is 1. The fourth-order valence-corrected chi connectivity index (χ4v) is 4.13. The molecule has 1 amide bonds. The summed E-state index contributed by atoms with van der Waals surface area (Å²) in [4.78, 5) is 12.9. The highest BCUT2D eigenvalue weighted by Crippen LogP contribution is 2.23. The van der Waals surface area contributed by atoms with Crippen molar-refractivity contribution in [2.45, 2.75) is 32.4 Å². The third-order valence-corrected chi connectivity index (χ3v) is 5.49. The van der Waals surface area contributed by atoms with Crippen LogP contribution in [0.3, 0.4) is 0 Å². The van der Waals surface area contributed by atoms with Crippen LogP contribution in [0.5, 0.6) is 5.75 Å². The number of ether oxygens (including phenoxy) is 1. The second kappa shape index (κ2) is 8.90. The molecule has 0 spiro atoms. The quantitative estimate of drug-likeness (QED) is 0.751. The molecule has 2 aromatic carbocycles. The third-order valence-electron chi connectivity index (χ3n) is 4.31. The van der Waals surface area contributed by atoms with E-state index in [4.69, 9.17) is 4.74 Å². The van der Waals surface area contributed by atoms with Gasteiger partial charge in [0, 0.05) is 0 Å². The van der Waals surface area contributed by atoms with Crippen molar-refractivity contribution in [2.75, 3.05) is 17.7 Å². The lowest BCUT2D eigenvalue weighted by Gasteiger charge is -2.31. The van der Waals surface area contributed by atoms with E-state index in [0.717, 1.165) is 17.6 Å². The Morgan fingerprint density at radius 3 is 2.19 bits per heavy atom. The molecule has 146 valence electrons. The van der Waals surface area contributed by atoms with Crippen molar-refractivity contribution in [1.29, 1.82) is 0 Å². The van der Waals surface area contributed by atoms with Crippen LogP contribution >= 0.6 is 0 Å². The number of hydrogen-bond acceptors (Lipinski definition) is 4. The van der Waals surface area contributed by atoms with Crippen LogP contribution < -0.4 is 14.4 Å². The normalized spacial score (nSPS) is 13.5. The molecule has 27 heavy (non-hydrogen) atoms. The molecule has 0 bridgehead atoms. The van der Waals surface area contributed by atoms with Crippen molar-refractivity contribution < 1.29 is 17.9 Å². The molecule has 0 aromatic heterocycles. The van der Waals surface area contributed by atoms with Gasteiger partial charge < -0.3 is 10.1 Å². The van der Waals surface area contributed by atoms with Gasteiger partial charge in [0.25, 0.3) is 0 Å². The van der Waals surface area contributed by atoms with E-state index in [0.29, 0.717) is 12.1 Å². The summed E-state index contributed by atoms with van der Waals surface area (Å²) in [6.45, 7) is 3.66. The Morgan fingerprint density at radius 2 is 1.70 bits per heavy atom. The molecule has 2 atom stereocenters. The molecular formula is C20H26N2O4S. The fraction of sp³-hybridized carbons (Fsp3) is 0.350. The van der Waals surface area contributed by atoms with E-state index in [1.807, 2.05) is 31.2 Å². The molecule has 1 N–H and O–H groups in total. The SMILES string of the molecule is CC[C@H](C(=O)N[C@@H](C)c1ccc(OC)cc1)N(c1ccccc1)S(C)(=O)=O. The maximum atomic E-state index is 12.9. The number of hydrogen-bond donors (Lipinski definition) is 1. The average molecular weight is 391 g/mol. The molecule has 7 heteroatoms. The van der Waals surface area contributed by atoms with Gasteiger partial charge in [-0.25, -0.2) is 8.42 Å². The van der Waals surface area contributed by atoms with Gasteiger partial charge in [0.2, 0.25) is 15.9 Å². The summed E-state index contributed by atoms with van der Waals surface area (Å²) in [5.41, 5.74) is 1.38. The van der Waals surface area contributed by atoms with Crippen molar-refractivity contribution in [3.63, 3.8) is 0 Å². The predicted octanol–water partition coefficient (Wildman–Crippen LogP) is 3.12. The van der Waals surface area contributed by atoms with Crippen LogP contribution in [-0.2, 0) is 14.8 Å². The molecule has 0 aliphatic heterocycles. The number of benzene rings is 2. The highest BCUT2D eigenvalue weighted by molar-refractivity contribution is 7.92. The summed E-state index contributed by atoms with van der Waals surface area (Å²) in [5.74, 6) is 0.395. The molecule has 6 nitrogen and oxygen atoms in total. The topological polar surface area (TPSA) is 75.7 Å². The van der Waals surface area contributed by atoms with Gasteiger partial charge in [-0.15, -0.1) is 0 Å². The zero-order valence-electron chi connectivity index (χ0n) is 16.0. The molecule has 0 aliphatic rings. The Kier molecular flexibility index (Phi) is 6.85. The van der Waals surface area contributed by atoms with Crippen LogP contribution in [-0.4, -0.2) is 33.7 Å². The third kappa shape index (κ3) is 5.23. The average Bonchev–Trinajstić information content (AvgIpc) is 2.65. The highest BCUT2D eigenvalue weighted by Gasteiger charge is 2.32. The number of methoxy groups -OCH3 is 1. The van der Waals surface area contributed by atoms with Crippen molar-refractivity contribution in [1.82, 2.24) is 5.32 Å². The molecular weight excluding hydrogens is 364 g/mol. The molecule has 0 unspecified atom stereocenters. The maximum absolute atomic E-state index is 12.9. The van der Waals surface area contributed by atoms with Gasteiger partial charge in [0.15, 0.2) is 0 Å². The summed E-state index contributed by atoms with van der Waals surface area (Å²) >= 11 is 0. The highest BCUT2D eigenvalue weighted by atomic mass is 32.2. The largest absolute Gasteiger partial charge is 0.497 e. The van der Waals surface area contributed by atoms with Crippen molar-refractivity contribution in [2.24, 2.45) is 0 Å². The van der Waals surface area contributed by atoms with Crippen LogP contribution in [0.15, 0.2) is 54.6 Å². The van der Waals surface area contributed by atoms with Gasteiger partial charge in [-0.3, -0.25) is 9.10 Å². The first-order valence-corrected chi connectivity index (χ1v) is 10.6. The zero-order valence-corrected chi connectivity index (χ0v) is 16.9. The monoisotopic (exact) mass is 390 g/mol. The molecule has 0 saturated heterocycles. The Morgan fingerprint density at radius 1 is 1.11 bits per heavy atom. The van der Waals surface area contributed by atoms with Crippen molar-refractivity contribution in [3.8, 4) is 5.75 Å². The first kappa shape index (κ1) is 20.8. The number of rotatable bonds is 8. The minimum absolute atomic E-state index is 0.269. The summed E-state index contributed by atoms with van der Waals surface area (Å²) < 4.78 is 31.1. The Bertz CT molecular complexity index is 851. The number of carbonyl (C=O) groups is 1. The Balaban J connectivity index is 2.24. The van der Waals surface area contributed by atoms with Crippen LogP contribution in [0.1, 0.15) is 31.9 Å². The lowest BCUT2D eigenvalue weighted by Crippen LogP contribution is -2.49. The van der Waals surface area contributed by atoms with Crippen molar-refractivity contribution in [3.05, 3.63) is 60.2 Å². The lowest BCUT2D eigenvalue weighted by molar-refractivity contribution is -0.122. The molecule has 0 aliphatic carbocycles. The number of nitrogens with one attached hydrogen (secondary N) is 1. The van der Waals surface area contributed by atoms with E-state index >= 15 is 0 Å². The summed E-state index contributed by atoms with van der Waals surface area (Å²) in [5, 5.41) is 2.92. The van der Waals surface area contributed by atoms with Crippen LogP contribution in [0, 0.1) is 0 Å². The fourth-order valence-electron chi connectivity index (χ4n) is 2.92. The second-order valence-electron chi connectivity index (χ2n) is 6.32. The number of amides is 1. The van der Waals surface area contributed by atoms with E-state index in [2.05, 4.69) is 5.32 Å². The maximum Gasteiger partial charge on any atom is 0.244 e. The van der Waals surface area contributed by atoms with Gasteiger partial charge in [0.05, 0.1) is 25.1 Å². The molecule has 2 rings (SSSR count). The first-order valence-electron chi connectivity index (χ1n) is 8.76. The Labute approximate surface area is 161 Å². The van der Waals surface area contributed by atoms with Gasteiger partial charge >= 0.3 is 0 Å². The standard InChI is InChI=1S/C20H26N2O4S/c1-5-19(22(27(4,24)25)17-9-7-6-8-10-17)20(23)21-15(2)16-11-13-18(26-3)14-12-16/h6-15,19H,5H2,1-4H3,(H,21,23)/t15-,19+/m0/s1. The minimum atomic E-state index is -3.63. The molecule has 0 fully saturated rings. The molecule has 2 aromatic rings. The minimum Gasteiger partial charge on any atom is -0.497 e. The van der Waals surface area contributed by atoms with Crippen LogP contribution in [0.2, 0.25) is 0 Å². The van der Waals surface area contributed by atoms with Crippen LogP contribution in [0.4, 0.5) is 5.69 Å². The predicted molar refractivity (Wildman–Crippen MR) is 107 cm³/mol. The van der Waals surface area contributed by atoms with Crippen LogP contribution in [0.25, 0.3) is 0 Å². The molecule has 0 heterocycles. The van der Waals surface area contributed by atoms with Gasteiger partial charge in [-0.1, -0.05) is 37.3 Å². The number of para-hydroxylation sites is 1. The number of nitrogens with zero attached hydrogens (tertiary/aromatic N) is 1. The summed E-state index contributed by atoms with van der Waals surface area (Å²) in [6, 6.07) is 15.0. The van der Waals surface area contributed by atoms with Gasteiger partial charge in [0.1, 0.15) is 11.8 Å². The van der Waals surface area contributed by atoms with E-state index in [9.17, 15) is 13.2 Å². The molecule has 0 saturated carbocycles. The van der Waals surface area contributed by atoms with Gasteiger partial charge in [-0.2, -0.15) is 0 Å². The number of sulfonamides is 1. The first-order chi connectivity index (χ1) is 12.8. The van der Waals surface area contributed by atoms with E-state index in [1.54, 1.807) is 44.4 Å². The van der Waals surface area contributed by atoms with E-state index < -0.39 is 16.1 Å². The second-order valence-corrected chi connectivity index (χ2v) is 8.18. The smallest absolute Gasteiger partial charge is 0.244 e. The summed E-state index contributed by atoms with van der Waals surface area (Å²) in [7, 11) is -2.04. The Hall–Kier alpha value is -2.54. The zero-order chi connectivity index (χ0) is 20.0. The lowest BCUT2D eigenvalue weighted by atomic mass is 10.1.